The van der Waals surface area contributed by atoms with E-state index in [9.17, 15) is 9.90 Å². The third-order valence-electron chi connectivity index (χ3n) is 3.44. The minimum Gasteiger partial charge on any atom is -0.465 e. The number of aliphatic hydroxyl groups excluding tert-OH is 2. The van der Waals surface area contributed by atoms with Crippen LogP contribution in [0.1, 0.15) is 22.8 Å². The molecule has 3 N–H and O–H groups in total. The Bertz CT molecular complexity index is 460. The van der Waals surface area contributed by atoms with Crippen LogP contribution in [0.25, 0.3) is 0 Å². The fraction of sp³-hybridized carbons (Fsp3) is 0.462. The lowest BCUT2D eigenvalue weighted by Gasteiger charge is -2.14. The van der Waals surface area contributed by atoms with Gasteiger partial charge in [0.25, 0.3) is 0 Å². The Morgan fingerprint density at radius 2 is 2.22 bits per heavy atom. The molecule has 0 saturated carbocycles. The van der Waals surface area contributed by atoms with Crippen molar-refractivity contribution in [3.8, 4) is 0 Å². The predicted octanol–water partition coefficient (Wildman–Crippen LogP) is 0.994. The summed E-state index contributed by atoms with van der Waals surface area (Å²) in [7, 11) is 1.51. The van der Waals surface area contributed by atoms with Crippen LogP contribution in [0.3, 0.4) is 0 Å². The minimum absolute atomic E-state index is 0.0415. The quantitative estimate of drug-likeness (QED) is 0.748. The number of aliphatic hydroxyl groups is 2. The Hall–Kier alpha value is -1.59. The highest BCUT2D eigenvalue weighted by molar-refractivity contribution is 5.64. The molecule has 0 heterocycles. The van der Waals surface area contributed by atoms with Gasteiger partial charge in [0.1, 0.15) is 0 Å². The highest BCUT2D eigenvalue weighted by Gasteiger charge is 2.30. The molecule has 1 aliphatic carbocycles. The van der Waals surface area contributed by atoms with Crippen LogP contribution in [0.4, 0.5) is 4.79 Å². The normalized spacial score (nSPS) is 21.7. The lowest BCUT2D eigenvalue weighted by molar-refractivity contribution is 0.0806. The second-order valence-corrected chi connectivity index (χ2v) is 4.76. The van der Waals surface area contributed by atoms with E-state index in [0.717, 1.165) is 16.7 Å². The zero-order chi connectivity index (χ0) is 13.3. The summed E-state index contributed by atoms with van der Waals surface area (Å²) in [4.78, 5) is 11.9. The molecule has 1 aliphatic rings. The molecular formula is C13H17NO4. The molecule has 2 atom stereocenters. The molecule has 0 radical (unpaired) electrons. The van der Waals surface area contributed by atoms with Crippen LogP contribution in [0.2, 0.25) is 0 Å². The van der Waals surface area contributed by atoms with Crippen molar-refractivity contribution in [2.75, 3.05) is 13.7 Å². The van der Waals surface area contributed by atoms with Gasteiger partial charge in [0.15, 0.2) is 0 Å². The summed E-state index contributed by atoms with van der Waals surface area (Å²) >= 11 is 0. The monoisotopic (exact) mass is 251 g/mol. The van der Waals surface area contributed by atoms with Crippen LogP contribution in [-0.2, 0) is 13.0 Å². The molecule has 0 aromatic heterocycles. The van der Waals surface area contributed by atoms with E-state index >= 15 is 0 Å². The van der Waals surface area contributed by atoms with Crippen molar-refractivity contribution in [1.82, 2.24) is 4.90 Å². The first-order valence-electron chi connectivity index (χ1n) is 5.87. The van der Waals surface area contributed by atoms with Crippen LogP contribution in [0, 0.1) is 5.92 Å². The minimum atomic E-state index is -0.969. The van der Waals surface area contributed by atoms with Crippen molar-refractivity contribution in [2.24, 2.45) is 5.92 Å². The molecule has 0 spiro atoms. The fourth-order valence-corrected chi connectivity index (χ4v) is 2.38. The molecule has 18 heavy (non-hydrogen) atoms. The standard InChI is InChI=1S/C13H17NO4/c1-14(13(17)18)6-8-2-3-11-9(4-8)5-10(7-15)12(11)16/h2-4,10,12,15-16H,5-7H2,1H3,(H,17,18)/t10-,12+/m1/s1. The van der Waals surface area contributed by atoms with Gasteiger partial charge in [0.05, 0.1) is 6.10 Å². The Morgan fingerprint density at radius 1 is 1.50 bits per heavy atom. The zero-order valence-electron chi connectivity index (χ0n) is 10.2. The fourth-order valence-electron chi connectivity index (χ4n) is 2.38. The highest BCUT2D eigenvalue weighted by atomic mass is 16.4. The molecule has 0 unspecified atom stereocenters. The maximum Gasteiger partial charge on any atom is 0.407 e. The second-order valence-electron chi connectivity index (χ2n) is 4.76. The number of hydrogen-bond donors (Lipinski definition) is 3. The molecule has 0 saturated heterocycles. The second kappa shape index (κ2) is 4.96. The smallest absolute Gasteiger partial charge is 0.407 e. The topological polar surface area (TPSA) is 81.0 Å². The molecule has 1 amide bonds. The van der Waals surface area contributed by atoms with Gasteiger partial charge in [-0.25, -0.2) is 4.79 Å². The van der Waals surface area contributed by atoms with E-state index in [1.807, 2.05) is 18.2 Å². The largest absolute Gasteiger partial charge is 0.465 e. The van der Waals surface area contributed by atoms with E-state index in [1.54, 1.807) is 0 Å². The molecule has 2 rings (SSSR count). The molecule has 5 nitrogen and oxygen atoms in total. The highest BCUT2D eigenvalue weighted by Crippen LogP contribution is 2.36. The number of nitrogens with zero attached hydrogens (tertiary/aromatic N) is 1. The first-order valence-corrected chi connectivity index (χ1v) is 5.87. The third-order valence-corrected chi connectivity index (χ3v) is 3.44. The van der Waals surface area contributed by atoms with Crippen molar-refractivity contribution in [1.29, 1.82) is 0 Å². The van der Waals surface area contributed by atoms with Gasteiger partial charge in [-0.05, 0) is 23.1 Å². The molecule has 5 heteroatoms. The zero-order valence-corrected chi connectivity index (χ0v) is 10.2. The van der Waals surface area contributed by atoms with Crippen LogP contribution in [0.15, 0.2) is 18.2 Å². The number of fused-ring (bicyclic) bond motifs is 1. The number of benzene rings is 1. The van der Waals surface area contributed by atoms with E-state index in [0.29, 0.717) is 13.0 Å². The van der Waals surface area contributed by atoms with Crippen molar-refractivity contribution in [3.05, 3.63) is 34.9 Å². The number of rotatable bonds is 3. The SMILES string of the molecule is CN(Cc1ccc2c(c1)C[C@H](CO)[C@@H]2O)C(=O)O. The molecule has 1 aromatic rings. The van der Waals surface area contributed by atoms with Crippen LogP contribution >= 0.6 is 0 Å². The number of hydrogen-bond acceptors (Lipinski definition) is 3. The summed E-state index contributed by atoms with van der Waals surface area (Å²) in [6, 6.07) is 5.55. The molecule has 0 aliphatic heterocycles. The van der Waals surface area contributed by atoms with Crippen LogP contribution < -0.4 is 0 Å². The summed E-state index contributed by atoms with van der Waals surface area (Å²) in [5, 5.41) is 27.9. The first-order chi connectivity index (χ1) is 8.52. The van der Waals surface area contributed by atoms with E-state index < -0.39 is 12.2 Å². The van der Waals surface area contributed by atoms with Gasteiger partial charge >= 0.3 is 6.09 Å². The van der Waals surface area contributed by atoms with E-state index in [-0.39, 0.29) is 12.5 Å². The summed E-state index contributed by atoms with van der Waals surface area (Å²) in [6.45, 7) is 0.280. The van der Waals surface area contributed by atoms with E-state index in [2.05, 4.69) is 0 Å². The van der Waals surface area contributed by atoms with Gasteiger partial charge in [0.2, 0.25) is 0 Å². The summed E-state index contributed by atoms with van der Waals surface area (Å²) in [5.41, 5.74) is 2.73. The van der Waals surface area contributed by atoms with Gasteiger partial charge in [-0.1, -0.05) is 18.2 Å². The van der Waals surface area contributed by atoms with Gasteiger partial charge in [-0.3, -0.25) is 0 Å². The van der Waals surface area contributed by atoms with Crippen molar-refractivity contribution in [3.63, 3.8) is 0 Å². The molecule has 0 fully saturated rings. The Morgan fingerprint density at radius 3 is 2.83 bits per heavy atom. The average molecular weight is 251 g/mol. The predicted molar refractivity (Wildman–Crippen MR) is 65.2 cm³/mol. The summed E-state index contributed by atoms with van der Waals surface area (Å²) in [6.07, 6.45) is -0.947. The third kappa shape index (κ3) is 2.32. The Labute approximate surface area is 105 Å². The van der Waals surface area contributed by atoms with Crippen molar-refractivity contribution >= 4 is 6.09 Å². The molecular weight excluding hydrogens is 234 g/mol. The van der Waals surface area contributed by atoms with E-state index in [1.165, 1.54) is 11.9 Å². The summed E-state index contributed by atoms with van der Waals surface area (Å²) < 4.78 is 0. The lowest BCUT2D eigenvalue weighted by Crippen LogP contribution is -2.23. The lowest BCUT2D eigenvalue weighted by atomic mass is 10.0. The average Bonchev–Trinajstić information content (AvgIpc) is 2.65. The van der Waals surface area contributed by atoms with Crippen LogP contribution in [-0.4, -0.2) is 40.0 Å². The Balaban J connectivity index is 2.17. The summed E-state index contributed by atoms with van der Waals surface area (Å²) in [5.74, 6) is -0.146. The van der Waals surface area contributed by atoms with Gasteiger partial charge in [0, 0.05) is 26.1 Å². The Kier molecular flexibility index (Phi) is 3.54. The van der Waals surface area contributed by atoms with Crippen molar-refractivity contribution < 1.29 is 20.1 Å². The number of carboxylic acid groups (broad SMARTS) is 1. The number of carbonyl (C=O) groups is 1. The van der Waals surface area contributed by atoms with Crippen LogP contribution in [0.5, 0.6) is 0 Å². The molecule has 1 aromatic carbocycles. The van der Waals surface area contributed by atoms with Gasteiger partial charge < -0.3 is 20.2 Å². The van der Waals surface area contributed by atoms with Gasteiger partial charge in [-0.15, -0.1) is 0 Å². The van der Waals surface area contributed by atoms with E-state index in [4.69, 9.17) is 10.2 Å². The first kappa shape index (κ1) is 12.9. The maximum atomic E-state index is 10.7. The number of amides is 1. The van der Waals surface area contributed by atoms with Crippen molar-refractivity contribution in [2.45, 2.75) is 19.1 Å². The molecule has 98 valence electrons. The molecule has 0 bridgehead atoms. The maximum absolute atomic E-state index is 10.7. The van der Waals surface area contributed by atoms with Gasteiger partial charge in [-0.2, -0.15) is 0 Å².